The zero-order valence-corrected chi connectivity index (χ0v) is 11.7. The van der Waals surface area contributed by atoms with E-state index in [-0.39, 0.29) is 11.9 Å². The van der Waals surface area contributed by atoms with E-state index < -0.39 is 0 Å². The number of nitrogens with one attached hydrogen (secondary N) is 1. The Bertz CT molecular complexity index is 423. The van der Waals surface area contributed by atoms with Gasteiger partial charge in [-0.25, -0.2) is 0 Å². The third kappa shape index (κ3) is 4.35. The van der Waals surface area contributed by atoms with E-state index in [9.17, 15) is 4.79 Å². The molecule has 1 fully saturated rings. The van der Waals surface area contributed by atoms with Gasteiger partial charge in [0.05, 0.1) is 0 Å². The summed E-state index contributed by atoms with van der Waals surface area (Å²) in [7, 11) is 0. The fourth-order valence-electron chi connectivity index (χ4n) is 2.76. The van der Waals surface area contributed by atoms with E-state index in [0.717, 1.165) is 23.6 Å². The van der Waals surface area contributed by atoms with Gasteiger partial charge in [-0.3, -0.25) is 4.79 Å². The Morgan fingerprint density at radius 1 is 1.42 bits per heavy atom. The zero-order chi connectivity index (χ0) is 13.7. The molecule has 0 bridgehead atoms. The number of hydrogen-bond acceptors (Lipinski definition) is 2. The highest BCUT2D eigenvalue weighted by Crippen LogP contribution is 2.28. The molecule has 0 heterocycles. The Morgan fingerprint density at radius 3 is 2.84 bits per heavy atom. The fraction of sp³-hybridized carbons (Fsp3) is 0.562. The third-order valence-electron chi connectivity index (χ3n) is 3.95. The minimum absolute atomic E-state index is 0.00431. The van der Waals surface area contributed by atoms with Gasteiger partial charge in [0.1, 0.15) is 0 Å². The van der Waals surface area contributed by atoms with Crippen LogP contribution in [-0.2, 0) is 4.79 Å². The molecule has 1 saturated carbocycles. The van der Waals surface area contributed by atoms with Crippen molar-refractivity contribution in [2.24, 2.45) is 11.7 Å². The maximum atomic E-state index is 11.9. The van der Waals surface area contributed by atoms with Crippen LogP contribution in [0.3, 0.4) is 0 Å². The van der Waals surface area contributed by atoms with Gasteiger partial charge in [0, 0.05) is 18.2 Å². The first-order chi connectivity index (χ1) is 9.15. The maximum absolute atomic E-state index is 11.9. The Kier molecular flexibility index (Phi) is 4.97. The summed E-state index contributed by atoms with van der Waals surface area (Å²) in [6, 6.07) is 7.79. The van der Waals surface area contributed by atoms with E-state index in [1.165, 1.54) is 25.7 Å². The van der Waals surface area contributed by atoms with Crippen molar-refractivity contribution in [2.75, 3.05) is 5.32 Å². The standard InChI is InChI=1S/C16H24N2O/c1-12(17)14-7-4-8-15(11-14)18-16(19)10-9-13-5-2-3-6-13/h4,7-8,11-13H,2-3,5-6,9-10,17H2,1H3,(H,18,19). The monoisotopic (exact) mass is 260 g/mol. The van der Waals surface area contributed by atoms with Crippen LogP contribution in [0.2, 0.25) is 0 Å². The molecule has 2 rings (SSSR count). The predicted molar refractivity (Wildman–Crippen MR) is 78.9 cm³/mol. The Balaban J connectivity index is 1.82. The second-order valence-electron chi connectivity index (χ2n) is 5.65. The van der Waals surface area contributed by atoms with Crippen molar-refractivity contribution in [3.63, 3.8) is 0 Å². The summed E-state index contributed by atoms with van der Waals surface area (Å²) in [6.45, 7) is 1.95. The number of nitrogens with two attached hydrogens (primary N) is 1. The summed E-state index contributed by atoms with van der Waals surface area (Å²) in [5.41, 5.74) is 7.74. The number of carbonyl (C=O) groups excluding carboxylic acids is 1. The molecule has 1 aliphatic rings. The molecule has 0 aromatic heterocycles. The summed E-state index contributed by atoms with van der Waals surface area (Å²) in [4.78, 5) is 11.9. The van der Waals surface area contributed by atoms with Gasteiger partial charge in [-0.1, -0.05) is 37.8 Å². The van der Waals surface area contributed by atoms with Gasteiger partial charge in [0.2, 0.25) is 5.91 Å². The van der Waals surface area contributed by atoms with Crippen LogP contribution >= 0.6 is 0 Å². The highest BCUT2D eigenvalue weighted by atomic mass is 16.1. The molecule has 1 unspecified atom stereocenters. The molecule has 1 aromatic carbocycles. The van der Waals surface area contributed by atoms with Crippen LogP contribution in [0.1, 0.15) is 57.1 Å². The summed E-state index contributed by atoms with van der Waals surface area (Å²) in [6.07, 6.45) is 6.93. The van der Waals surface area contributed by atoms with Gasteiger partial charge in [-0.15, -0.1) is 0 Å². The molecule has 0 saturated heterocycles. The quantitative estimate of drug-likeness (QED) is 0.849. The molecule has 0 aliphatic heterocycles. The lowest BCUT2D eigenvalue weighted by Gasteiger charge is -2.11. The lowest BCUT2D eigenvalue weighted by atomic mass is 10.0. The number of amides is 1. The van der Waals surface area contributed by atoms with E-state index in [2.05, 4.69) is 5.32 Å². The first-order valence-electron chi connectivity index (χ1n) is 7.30. The normalized spacial score (nSPS) is 17.4. The molecule has 0 radical (unpaired) electrons. The average molecular weight is 260 g/mol. The van der Waals surface area contributed by atoms with E-state index in [1.807, 2.05) is 31.2 Å². The molecule has 3 N–H and O–H groups in total. The van der Waals surface area contributed by atoms with Gasteiger partial charge in [0.15, 0.2) is 0 Å². The number of carbonyl (C=O) groups is 1. The Labute approximate surface area is 115 Å². The molecule has 19 heavy (non-hydrogen) atoms. The molecule has 3 heteroatoms. The lowest BCUT2D eigenvalue weighted by Crippen LogP contribution is -2.13. The van der Waals surface area contributed by atoms with Crippen molar-refractivity contribution >= 4 is 11.6 Å². The summed E-state index contributed by atoms with van der Waals surface area (Å²) >= 11 is 0. The van der Waals surface area contributed by atoms with Gasteiger partial charge < -0.3 is 11.1 Å². The van der Waals surface area contributed by atoms with E-state index >= 15 is 0 Å². The topological polar surface area (TPSA) is 55.1 Å². The van der Waals surface area contributed by atoms with Crippen LogP contribution in [0.4, 0.5) is 5.69 Å². The molecule has 1 aliphatic carbocycles. The summed E-state index contributed by atoms with van der Waals surface area (Å²) in [5, 5.41) is 2.97. The molecular weight excluding hydrogens is 236 g/mol. The van der Waals surface area contributed by atoms with Crippen molar-refractivity contribution in [1.82, 2.24) is 0 Å². The fourth-order valence-corrected chi connectivity index (χ4v) is 2.76. The zero-order valence-electron chi connectivity index (χ0n) is 11.7. The van der Waals surface area contributed by atoms with Crippen molar-refractivity contribution in [1.29, 1.82) is 0 Å². The van der Waals surface area contributed by atoms with Crippen LogP contribution in [-0.4, -0.2) is 5.91 Å². The Hall–Kier alpha value is -1.35. The molecule has 0 spiro atoms. The molecule has 3 nitrogen and oxygen atoms in total. The van der Waals surface area contributed by atoms with Crippen LogP contribution < -0.4 is 11.1 Å². The van der Waals surface area contributed by atoms with Crippen LogP contribution in [0.5, 0.6) is 0 Å². The van der Waals surface area contributed by atoms with Gasteiger partial charge in [-0.05, 0) is 37.0 Å². The first-order valence-corrected chi connectivity index (χ1v) is 7.30. The average Bonchev–Trinajstić information content (AvgIpc) is 2.90. The van der Waals surface area contributed by atoms with E-state index in [0.29, 0.717) is 6.42 Å². The van der Waals surface area contributed by atoms with Crippen LogP contribution in [0, 0.1) is 5.92 Å². The predicted octanol–water partition coefficient (Wildman–Crippen LogP) is 3.62. The van der Waals surface area contributed by atoms with Gasteiger partial charge in [-0.2, -0.15) is 0 Å². The number of benzene rings is 1. The lowest BCUT2D eigenvalue weighted by molar-refractivity contribution is -0.116. The highest BCUT2D eigenvalue weighted by molar-refractivity contribution is 5.90. The largest absolute Gasteiger partial charge is 0.326 e. The minimum atomic E-state index is -0.00431. The smallest absolute Gasteiger partial charge is 0.224 e. The minimum Gasteiger partial charge on any atom is -0.326 e. The first kappa shape index (κ1) is 14.1. The third-order valence-corrected chi connectivity index (χ3v) is 3.95. The summed E-state index contributed by atoms with van der Waals surface area (Å²) < 4.78 is 0. The molecule has 1 aromatic rings. The van der Waals surface area contributed by atoms with Crippen LogP contribution in [0.25, 0.3) is 0 Å². The van der Waals surface area contributed by atoms with Crippen molar-refractivity contribution in [3.8, 4) is 0 Å². The highest BCUT2D eigenvalue weighted by Gasteiger charge is 2.16. The SMILES string of the molecule is CC(N)c1cccc(NC(=O)CCC2CCCC2)c1. The molecule has 1 amide bonds. The molecular formula is C16H24N2O. The Morgan fingerprint density at radius 2 is 2.16 bits per heavy atom. The second kappa shape index (κ2) is 6.71. The van der Waals surface area contributed by atoms with Crippen molar-refractivity contribution < 1.29 is 4.79 Å². The van der Waals surface area contributed by atoms with E-state index in [1.54, 1.807) is 0 Å². The van der Waals surface area contributed by atoms with Crippen LogP contribution in [0.15, 0.2) is 24.3 Å². The number of anilines is 1. The van der Waals surface area contributed by atoms with E-state index in [4.69, 9.17) is 5.73 Å². The van der Waals surface area contributed by atoms with Gasteiger partial charge in [0.25, 0.3) is 0 Å². The summed E-state index contributed by atoms with van der Waals surface area (Å²) in [5.74, 6) is 0.884. The molecule has 104 valence electrons. The number of rotatable bonds is 5. The van der Waals surface area contributed by atoms with Crippen molar-refractivity contribution in [3.05, 3.63) is 29.8 Å². The van der Waals surface area contributed by atoms with Gasteiger partial charge >= 0.3 is 0 Å². The van der Waals surface area contributed by atoms with Crippen molar-refractivity contribution in [2.45, 2.75) is 51.5 Å². The number of hydrogen-bond donors (Lipinski definition) is 2. The second-order valence-corrected chi connectivity index (χ2v) is 5.65. The maximum Gasteiger partial charge on any atom is 0.224 e. The molecule has 1 atom stereocenters.